The van der Waals surface area contributed by atoms with Gasteiger partial charge >= 0.3 is 0 Å². The minimum absolute atomic E-state index is 0.218. The first-order valence-corrected chi connectivity index (χ1v) is 5.64. The average Bonchev–Trinajstić information content (AvgIpc) is 2.66. The van der Waals surface area contributed by atoms with E-state index in [9.17, 15) is 0 Å². The SMILES string of the molecule is CCCn1cncc1CN(CC)CCO. The van der Waals surface area contributed by atoms with Gasteiger partial charge in [-0.25, -0.2) is 4.98 Å². The molecule has 4 heteroatoms. The Hall–Kier alpha value is -0.870. The third kappa shape index (κ3) is 3.64. The summed E-state index contributed by atoms with van der Waals surface area (Å²) in [6.07, 6.45) is 4.91. The number of rotatable bonds is 7. The lowest BCUT2D eigenvalue weighted by Gasteiger charge is -2.19. The van der Waals surface area contributed by atoms with E-state index >= 15 is 0 Å². The molecule has 0 amide bonds. The maximum absolute atomic E-state index is 8.90. The summed E-state index contributed by atoms with van der Waals surface area (Å²) < 4.78 is 2.18. The Morgan fingerprint density at radius 1 is 1.47 bits per heavy atom. The lowest BCUT2D eigenvalue weighted by Crippen LogP contribution is -2.27. The lowest BCUT2D eigenvalue weighted by molar-refractivity contribution is 0.194. The highest BCUT2D eigenvalue weighted by Crippen LogP contribution is 2.05. The molecular formula is C11H21N3O. The summed E-state index contributed by atoms with van der Waals surface area (Å²) >= 11 is 0. The van der Waals surface area contributed by atoms with Crippen LogP contribution in [0.3, 0.4) is 0 Å². The Morgan fingerprint density at radius 3 is 2.87 bits per heavy atom. The predicted molar refractivity (Wildman–Crippen MR) is 60.6 cm³/mol. The molecule has 0 aromatic carbocycles. The van der Waals surface area contributed by atoms with Gasteiger partial charge in [0.1, 0.15) is 0 Å². The summed E-state index contributed by atoms with van der Waals surface area (Å²) in [5.74, 6) is 0. The number of aliphatic hydroxyl groups is 1. The molecule has 1 N–H and O–H groups in total. The third-order valence-corrected chi connectivity index (χ3v) is 2.51. The average molecular weight is 211 g/mol. The molecule has 1 heterocycles. The number of nitrogens with zero attached hydrogens (tertiary/aromatic N) is 3. The van der Waals surface area contributed by atoms with Gasteiger partial charge in [-0.1, -0.05) is 13.8 Å². The smallest absolute Gasteiger partial charge is 0.0948 e. The first-order valence-electron chi connectivity index (χ1n) is 5.64. The molecule has 1 aromatic heterocycles. The van der Waals surface area contributed by atoms with Crippen molar-refractivity contribution in [2.45, 2.75) is 33.4 Å². The molecule has 4 nitrogen and oxygen atoms in total. The number of hydrogen-bond donors (Lipinski definition) is 1. The van der Waals surface area contributed by atoms with E-state index in [1.807, 2.05) is 12.5 Å². The maximum atomic E-state index is 8.90. The van der Waals surface area contributed by atoms with Crippen molar-refractivity contribution < 1.29 is 5.11 Å². The Kier molecular flexibility index (Phi) is 5.36. The van der Waals surface area contributed by atoms with Crippen molar-refractivity contribution >= 4 is 0 Å². The molecule has 1 rings (SSSR count). The van der Waals surface area contributed by atoms with Crippen molar-refractivity contribution in [2.24, 2.45) is 0 Å². The maximum Gasteiger partial charge on any atom is 0.0948 e. The van der Waals surface area contributed by atoms with Crippen LogP contribution in [0.4, 0.5) is 0 Å². The molecule has 0 aliphatic carbocycles. The zero-order valence-corrected chi connectivity index (χ0v) is 9.69. The van der Waals surface area contributed by atoms with Gasteiger partial charge in [0, 0.05) is 25.8 Å². The van der Waals surface area contributed by atoms with Crippen LogP contribution in [0, 0.1) is 0 Å². The highest BCUT2D eigenvalue weighted by Gasteiger charge is 2.06. The van der Waals surface area contributed by atoms with Crippen LogP contribution in [-0.2, 0) is 13.1 Å². The van der Waals surface area contributed by atoms with Gasteiger partial charge in [0.25, 0.3) is 0 Å². The molecule has 0 saturated carbocycles. The van der Waals surface area contributed by atoms with Gasteiger partial charge in [-0.3, -0.25) is 4.90 Å². The van der Waals surface area contributed by atoms with Gasteiger partial charge in [-0.2, -0.15) is 0 Å². The number of imidazole rings is 1. The summed E-state index contributed by atoms with van der Waals surface area (Å²) in [5, 5.41) is 8.90. The predicted octanol–water partition coefficient (Wildman–Crippen LogP) is 1.11. The first kappa shape index (κ1) is 12.2. The minimum atomic E-state index is 0.218. The summed E-state index contributed by atoms with van der Waals surface area (Å²) in [4.78, 5) is 6.37. The number of aliphatic hydroxyl groups excluding tert-OH is 1. The Morgan fingerprint density at radius 2 is 2.27 bits per heavy atom. The molecule has 0 bridgehead atoms. The monoisotopic (exact) mass is 211 g/mol. The fraction of sp³-hybridized carbons (Fsp3) is 0.727. The molecule has 0 atom stereocenters. The van der Waals surface area contributed by atoms with Gasteiger partial charge < -0.3 is 9.67 Å². The molecule has 0 aliphatic rings. The zero-order chi connectivity index (χ0) is 11.1. The summed E-state index contributed by atoms with van der Waals surface area (Å²) in [7, 11) is 0. The number of aromatic nitrogens is 2. The standard InChI is InChI=1S/C11H21N3O/c1-3-5-14-10-12-8-11(14)9-13(4-2)6-7-15/h8,10,15H,3-7,9H2,1-2H3. The van der Waals surface area contributed by atoms with Crippen LogP contribution in [0.5, 0.6) is 0 Å². The Labute approximate surface area is 91.5 Å². The van der Waals surface area contributed by atoms with Crippen LogP contribution < -0.4 is 0 Å². The molecular weight excluding hydrogens is 190 g/mol. The van der Waals surface area contributed by atoms with Crippen molar-refractivity contribution in [3.05, 3.63) is 18.2 Å². The molecule has 0 unspecified atom stereocenters. The van der Waals surface area contributed by atoms with Crippen LogP contribution >= 0.6 is 0 Å². The van der Waals surface area contributed by atoms with Gasteiger partial charge in [0.15, 0.2) is 0 Å². The lowest BCUT2D eigenvalue weighted by atomic mass is 10.3. The number of likely N-dealkylation sites (N-methyl/N-ethyl adjacent to an activating group) is 1. The van der Waals surface area contributed by atoms with Crippen LogP contribution in [0.15, 0.2) is 12.5 Å². The van der Waals surface area contributed by atoms with Crippen molar-refractivity contribution in [1.29, 1.82) is 0 Å². The Balaban J connectivity index is 2.57. The zero-order valence-electron chi connectivity index (χ0n) is 9.69. The summed E-state index contributed by atoms with van der Waals surface area (Å²) in [6.45, 7) is 8.07. The fourth-order valence-electron chi connectivity index (χ4n) is 1.64. The molecule has 15 heavy (non-hydrogen) atoms. The van der Waals surface area contributed by atoms with Crippen LogP contribution in [-0.4, -0.2) is 39.3 Å². The summed E-state index contributed by atoms with van der Waals surface area (Å²) in [6, 6.07) is 0. The largest absolute Gasteiger partial charge is 0.395 e. The van der Waals surface area contributed by atoms with Crippen molar-refractivity contribution in [1.82, 2.24) is 14.5 Å². The van der Waals surface area contributed by atoms with E-state index in [2.05, 4.69) is 28.3 Å². The molecule has 0 radical (unpaired) electrons. The van der Waals surface area contributed by atoms with Gasteiger partial charge in [-0.05, 0) is 13.0 Å². The van der Waals surface area contributed by atoms with Crippen molar-refractivity contribution in [3.63, 3.8) is 0 Å². The molecule has 0 saturated heterocycles. The van der Waals surface area contributed by atoms with E-state index < -0.39 is 0 Å². The van der Waals surface area contributed by atoms with Crippen molar-refractivity contribution in [2.75, 3.05) is 19.7 Å². The fourth-order valence-corrected chi connectivity index (χ4v) is 1.64. The van der Waals surface area contributed by atoms with E-state index in [0.717, 1.165) is 32.6 Å². The second-order valence-electron chi connectivity index (χ2n) is 3.67. The van der Waals surface area contributed by atoms with Gasteiger partial charge in [0.05, 0.1) is 18.6 Å². The van der Waals surface area contributed by atoms with Gasteiger partial charge in [0.2, 0.25) is 0 Å². The topological polar surface area (TPSA) is 41.3 Å². The van der Waals surface area contributed by atoms with E-state index in [1.54, 1.807) is 0 Å². The Bertz CT molecular complexity index is 273. The highest BCUT2D eigenvalue weighted by molar-refractivity contribution is 4.98. The van der Waals surface area contributed by atoms with Crippen LogP contribution in [0.25, 0.3) is 0 Å². The van der Waals surface area contributed by atoms with E-state index in [-0.39, 0.29) is 6.61 Å². The third-order valence-electron chi connectivity index (χ3n) is 2.51. The van der Waals surface area contributed by atoms with E-state index in [1.165, 1.54) is 5.69 Å². The van der Waals surface area contributed by atoms with Crippen LogP contribution in [0.1, 0.15) is 26.0 Å². The van der Waals surface area contributed by atoms with Crippen molar-refractivity contribution in [3.8, 4) is 0 Å². The molecule has 0 fully saturated rings. The quantitative estimate of drug-likeness (QED) is 0.734. The first-order chi connectivity index (χ1) is 7.31. The summed E-state index contributed by atoms with van der Waals surface area (Å²) in [5.41, 5.74) is 1.23. The van der Waals surface area contributed by atoms with Crippen LogP contribution in [0.2, 0.25) is 0 Å². The normalized spacial score (nSPS) is 11.2. The molecule has 86 valence electrons. The number of aryl methyl sites for hydroxylation is 1. The second-order valence-corrected chi connectivity index (χ2v) is 3.67. The molecule has 0 spiro atoms. The minimum Gasteiger partial charge on any atom is -0.395 e. The second kappa shape index (κ2) is 6.58. The number of hydrogen-bond acceptors (Lipinski definition) is 3. The van der Waals surface area contributed by atoms with Gasteiger partial charge in [-0.15, -0.1) is 0 Å². The van der Waals surface area contributed by atoms with E-state index in [4.69, 9.17) is 5.11 Å². The highest BCUT2D eigenvalue weighted by atomic mass is 16.3. The van der Waals surface area contributed by atoms with E-state index in [0.29, 0.717) is 0 Å². The molecule has 1 aromatic rings. The molecule has 0 aliphatic heterocycles.